The molecule has 0 unspecified atom stereocenters. The van der Waals surface area contributed by atoms with Gasteiger partial charge in [-0.05, 0) is 48.7 Å². The standard InChI is InChI=1S/C23H30N2O5S/c1-4-25(5-2)31(27,28)20-12-13-22(24-14-6-7-15-24)21(16-20)23(26)30-17-18-8-10-19(29-3)11-9-18/h8-13,16H,4-7,14-15,17H2,1-3H3. The van der Waals surface area contributed by atoms with E-state index in [4.69, 9.17) is 9.47 Å². The van der Waals surface area contributed by atoms with Gasteiger partial charge in [-0.1, -0.05) is 26.0 Å². The molecule has 1 aliphatic rings. The van der Waals surface area contributed by atoms with Crippen molar-refractivity contribution in [3.63, 3.8) is 0 Å². The topological polar surface area (TPSA) is 76.2 Å². The lowest BCUT2D eigenvalue weighted by atomic mass is 10.1. The highest BCUT2D eigenvalue weighted by molar-refractivity contribution is 7.89. The zero-order valence-electron chi connectivity index (χ0n) is 18.3. The second-order valence-electron chi connectivity index (χ2n) is 7.39. The number of rotatable bonds is 9. The first-order valence-electron chi connectivity index (χ1n) is 10.6. The van der Waals surface area contributed by atoms with Crippen LogP contribution in [0.25, 0.3) is 0 Å². The SMILES string of the molecule is CCN(CC)S(=O)(=O)c1ccc(N2CCCC2)c(C(=O)OCc2ccc(OC)cc2)c1. The van der Waals surface area contributed by atoms with Crippen LogP contribution in [0.2, 0.25) is 0 Å². The fraction of sp³-hybridized carbons (Fsp3) is 0.435. The zero-order chi connectivity index (χ0) is 22.4. The first-order chi connectivity index (χ1) is 14.9. The van der Waals surface area contributed by atoms with E-state index in [1.807, 2.05) is 12.1 Å². The number of benzene rings is 2. The van der Waals surface area contributed by atoms with Gasteiger partial charge in [0.25, 0.3) is 0 Å². The van der Waals surface area contributed by atoms with Crippen molar-refractivity contribution in [1.29, 1.82) is 0 Å². The summed E-state index contributed by atoms with van der Waals surface area (Å²) in [5, 5.41) is 0. The summed E-state index contributed by atoms with van der Waals surface area (Å²) in [5.74, 6) is 0.190. The summed E-state index contributed by atoms with van der Waals surface area (Å²) >= 11 is 0. The minimum absolute atomic E-state index is 0.0925. The number of methoxy groups -OCH3 is 1. The molecule has 1 fully saturated rings. The van der Waals surface area contributed by atoms with Crippen LogP contribution in [0.3, 0.4) is 0 Å². The minimum Gasteiger partial charge on any atom is -0.497 e. The molecule has 7 nitrogen and oxygen atoms in total. The molecule has 0 N–H and O–H groups in total. The van der Waals surface area contributed by atoms with Crippen molar-refractivity contribution in [3.8, 4) is 5.75 Å². The maximum Gasteiger partial charge on any atom is 0.340 e. The third kappa shape index (κ3) is 5.19. The molecule has 0 radical (unpaired) electrons. The molecule has 8 heteroatoms. The lowest BCUT2D eigenvalue weighted by Crippen LogP contribution is -2.31. The van der Waals surface area contributed by atoms with Gasteiger partial charge in [0, 0.05) is 26.2 Å². The second kappa shape index (κ2) is 10.2. The molecule has 0 aliphatic carbocycles. The van der Waals surface area contributed by atoms with Crippen LogP contribution in [0.5, 0.6) is 5.75 Å². The molecule has 2 aromatic carbocycles. The molecule has 1 aliphatic heterocycles. The number of hydrogen-bond acceptors (Lipinski definition) is 6. The van der Waals surface area contributed by atoms with Crippen molar-refractivity contribution in [1.82, 2.24) is 4.31 Å². The Morgan fingerprint density at radius 3 is 2.26 bits per heavy atom. The highest BCUT2D eigenvalue weighted by Crippen LogP contribution is 2.29. The third-order valence-corrected chi connectivity index (χ3v) is 7.55. The molecule has 0 saturated carbocycles. The number of nitrogens with zero attached hydrogens (tertiary/aromatic N) is 2. The van der Waals surface area contributed by atoms with Crippen molar-refractivity contribution in [2.75, 3.05) is 38.2 Å². The van der Waals surface area contributed by atoms with Crippen LogP contribution in [0, 0.1) is 0 Å². The molecule has 3 rings (SSSR count). The summed E-state index contributed by atoms with van der Waals surface area (Å²) in [7, 11) is -2.09. The van der Waals surface area contributed by atoms with E-state index in [2.05, 4.69) is 4.90 Å². The summed E-state index contributed by atoms with van der Waals surface area (Å²) in [6.45, 7) is 6.08. The predicted octanol–water partition coefficient (Wildman–Crippen LogP) is 3.68. The average Bonchev–Trinajstić information content (AvgIpc) is 3.33. The van der Waals surface area contributed by atoms with Crippen molar-refractivity contribution in [2.24, 2.45) is 0 Å². The molecule has 0 amide bonds. The van der Waals surface area contributed by atoms with E-state index < -0.39 is 16.0 Å². The Hall–Kier alpha value is -2.58. The first kappa shape index (κ1) is 23.1. The van der Waals surface area contributed by atoms with Gasteiger partial charge in [-0.3, -0.25) is 0 Å². The van der Waals surface area contributed by atoms with Crippen LogP contribution in [-0.4, -0.2) is 52.0 Å². The van der Waals surface area contributed by atoms with E-state index in [0.717, 1.165) is 42.9 Å². The summed E-state index contributed by atoms with van der Waals surface area (Å²) in [5.41, 5.74) is 1.82. The maximum atomic E-state index is 13.0. The first-order valence-corrected chi connectivity index (χ1v) is 12.0. The molecule has 0 atom stereocenters. The number of anilines is 1. The lowest BCUT2D eigenvalue weighted by molar-refractivity contribution is 0.0473. The molecule has 168 valence electrons. The van der Waals surface area contributed by atoms with Gasteiger partial charge in [0.15, 0.2) is 0 Å². The molecule has 2 aromatic rings. The Balaban J connectivity index is 1.89. The minimum atomic E-state index is -3.68. The fourth-order valence-corrected chi connectivity index (χ4v) is 5.22. The summed E-state index contributed by atoms with van der Waals surface area (Å²) in [6.07, 6.45) is 2.08. The van der Waals surface area contributed by atoms with Crippen molar-refractivity contribution in [3.05, 3.63) is 53.6 Å². The maximum absolute atomic E-state index is 13.0. The molecular formula is C23H30N2O5S. The van der Waals surface area contributed by atoms with Gasteiger partial charge in [0.1, 0.15) is 12.4 Å². The highest BCUT2D eigenvalue weighted by atomic mass is 32.2. The second-order valence-corrected chi connectivity index (χ2v) is 9.32. The largest absolute Gasteiger partial charge is 0.497 e. The molecular weight excluding hydrogens is 416 g/mol. The average molecular weight is 447 g/mol. The van der Waals surface area contributed by atoms with Gasteiger partial charge >= 0.3 is 5.97 Å². The molecule has 1 saturated heterocycles. The summed E-state index contributed by atoms with van der Waals surface area (Å²) in [6, 6.07) is 12.0. The molecule has 1 heterocycles. The zero-order valence-corrected chi connectivity index (χ0v) is 19.2. The van der Waals surface area contributed by atoms with E-state index >= 15 is 0 Å². The lowest BCUT2D eigenvalue weighted by Gasteiger charge is -2.23. The van der Waals surface area contributed by atoms with Gasteiger partial charge < -0.3 is 14.4 Å². The van der Waals surface area contributed by atoms with Crippen LogP contribution >= 0.6 is 0 Å². The number of esters is 1. The number of carbonyl (C=O) groups is 1. The Morgan fingerprint density at radius 2 is 1.68 bits per heavy atom. The van der Waals surface area contributed by atoms with Crippen LogP contribution in [-0.2, 0) is 21.4 Å². The van der Waals surface area contributed by atoms with E-state index in [1.54, 1.807) is 45.2 Å². The Labute approximate surface area is 184 Å². The van der Waals surface area contributed by atoms with E-state index in [9.17, 15) is 13.2 Å². The van der Waals surface area contributed by atoms with E-state index in [0.29, 0.717) is 13.1 Å². The van der Waals surface area contributed by atoms with Crippen molar-refractivity contribution >= 4 is 21.7 Å². The molecule has 0 aromatic heterocycles. The van der Waals surface area contributed by atoms with Crippen molar-refractivity contribution in [2.45, 2.75) is 38.2 Å². The highest BCUT2D eigenvalue weighted by Gasteiger charge is 2.27. The van der Waals surface area contributed by atoms with Gasteiger partial charge in [0.05, 0.1) is 23.3 Å². The predicted molar refractivity (Wildman–Crippen MR) is 120 cm³/mol. The smallest absolute Gasteiger partial charge is 0.340 e. The quantitative estimate of drug-likeness (QED) is 0.547. The van der Waals surface area contributed by atoms with Crippen LogP contribution in [0.4, 0.5) is 5.69 Å². The van der Waals surface area contributed by atoms with Gasteiger partial charge in [-0.25, -0.2) is 13.2 Å². The normalized spacial score (nSPS) is 14.1. The summed E-state index contributed by atoms with van der Waals surface area (Å²) in [4.78, 5) is 15.2. The monoisotopic (exact) mass is 446 g/mol. The van der Waals surface area contributed by atoms with E-state index in [1.165, 1.54) is 10.4 Å². The third-order valence-electron chi connectivity index (χ3n) is 5.51. The van der Waals surface area contributed by atoms with Gasteiger partial charge in [-0.15, -0.1) is 0 Å². The Bertz CT molecular complexity index is 995. The van der Waals surface area contributed by atoms with Crippen molar-refractivity contribution < 1.29 is 22.7 Å². The number of carbonyl (C=O) groups excluding carboxylic acids is 1. The molecule has 0 spiro atoms. The Kier molecular flexibility index (Phi) is 7.56. The van der Waals surface area contributed by atoms with E-state index in [-0.39, 0.29) is 17.1 Å². The number of ether oxygens (including phenoxy) is 2. The molecule has 31 heavy (non-hydrogen) atoms. The summed E-state index contributed by atoms with van der Waals surface area (Å²) < 4.78 is 38.1. The van der Waals surface area contributed by atoms with Crippen LogP contribution in [0.1, 0.15) is 42.6 Å². The number of hydrogen-bond donors (Lipinski definition) is 0. The van der Waals surface area contributed by atoms with Gasteiger partial charge in [-0.2, -0.15) is 4.31 Å². The van der Waals surface area contributed by atoms with Crippen LogP contribution in [0.15, 0.2) is 47.4 Å². The number of sulfonamides is 1. The Morgan fingerprint density at radius 1 is 1.03 bits per heavy atom. The van der Waals surface area contributed by atoms with Crippen LogP contribution < -0.4 is 9.64 Å². The van der Waals surface area contributed by atoms with Gasteiger partial charge in [0.2, 0.25) is 10.0 Å². The molecule has 0 bridgehead atoms. The fourth-order valence-electron chi connectivity index (χ4n) is 3.73.